The summed E-state index contributed by atoms with van der Waals surface area (Å²) in [7, 11) is 1.69. The summed E-state index contributed by atoms with van der Waals surface area (Å²) in [5.41, 5.74) is 4.84. The SMILES string of the molecule is COc1ccc(NC(c2ccc(C)cc2)c2cccc3ccccc23)cc1. The highest BCUT2D eigenvalue weighted by Crippen LogP contribution is 2.32. The molecular formula is C25H23NO. The summed E-state index contributed by atoms with van der Waals surface area (Å²) in [4.78, 5) is 0. The predicted octanol–water partition coefficient (Wildman–Crippen LogP) is 6.36. The molecule has 0 amide bonds. The summed E-state index contributed by atoms with van der Waals surface area (Å²) in [6.45, 7) is 2.12. The minimum absolute atomic E-state index is 0.0603. The topological polar surface area (TPSA) is 21.3 Å². The van der Waals surface area contributed by atoms with Gasteiger partial charge in [0.1, 0.15) is 5.75 Å². The molecule has 27 heavy (non-hydrogen) atoms. The van der Waals surface area contributed by atoms with Gasteiger partial charge in [-0.05, 0) is 53.1 Å². The van der Waals surface area contributed by atoms with Crippen LogP contribution in [0.15, 0.2) is 91.0 Å². The van der Waals surface area contributed by atoms with Crippen LogP contribution in [0.2, 0.25) is 0 Å². The van der Waals surface area contributed by atoms with Crippen molar-refractivity contribution in [2.24, 2.45) is 0 Å². The van der Waals surface area contributed by atoms with Crippen molar-refractivity contribution in [2.45, 2.75) is 13.0 Å². The summed E-state index contributed by atoms with van der Waals surface area (Å²) in [6, 6.07) is 32.0. The zero-order valence-corrected chi connectivity index (χ0v) is 15.6. The molecule has 0 bridgehead atoms. The van der Waals surface area contributed by atoms with Gasteiger partial charge in [-0.1, -0.05) is 72.3 Å². The van der Waals surface area contributed by atoms with Gasteiger partial charge in [0.25, 0.3) is 0 Å². The molecule has 0 aliphatic carbocycles. The molecule has 0 radical (unpaired) electrons. The van der Waals surface area contributed by atoms with Crippen LogP contribution in [0.1, 0.15) is 22.7 Å². The Morgan fingerprint density at radius 3 is 2.19 bits per heavy atom. The molecule has 0 aliphatic rings. The van der Waals surface area contributed by atoms with Crippen LogP contribution in [-0.2, 0) is 0 Å². The first-order valence-electron chi connectivity index (χ1n) is 9.19. The molecule has 0 saturated carbocycles. The number of fused-ring (bicyclic) bond motifs is 1. The first-order valence-corrected chi connectivity index (χ1v) is 9.19. The van der Waals surface area contributed by atoms with Crippen molar-refractivity contribution in [1.82, 2.24) is 0 Å². The lowest BCUT2D eigenvalue weighted by Gasteiger charge is -2.23. The van der Waals surface area contributed by atoms with E-state index in [9.17, 15) is 0 Å². The maximum Gasteiger partial charge on any atom is 0.119 e. The Kier molecular flexibility index (Phi) is 4.80. The van der Waals surface area contributed by atoms with Gasteiger partial charge in [-0.15, -0.1) is 0 Å². The van der Waals surface area contributed by atoms with Gasteiger partial charge in [-0.2, -0.15) is 0 Å². The lowest BCUT2D eigenvalue weighted by molar-refractivity contribution is 0.415. The maximum atomic E-state index is 5.29. The Bertz CT molecular complexity index is 1030. The number of ether oxygens (including phenoxy) is 1. The molecule has 4 aromatic rings. The summed E-state index contributed by atoms with van der Waals surface area (Å²) >= 11 is 0. The van der Waals surface area contributed by atoms with E-state index in [1.807, 2.05) is 12.1 Å². The van der Waals surface area contributed by atoms with Gasteiger partial charge >= 0.3 is 0 Å². The van der Waals surface area contributed by atoms with Gasteiger partial charge in [0.2, 0.25) is 0 Å². The van der Waals surface area contributed by atoms with Gasteiger partial charge in [0, 0.05) is 5.69 Å². The third-order valence-electron chi connectivity index (χ3n) is 4.95. The highest BCUT2D eigenvalue weighted by Gasteiger charge is 2.16. The third-order valence-corrected chi connectivity index (χ3v) is 4.95. The van der Waals surface area contributed by atoms with Crippen LogP contribution < -0.4 is 10.1 Å². The summed E-state index contributed by atoms with van der Waals surface area (Å²) in [5, 5.41) is 6.24. The van der Waals surface area contributed by atoms with E-state index in [0.29, 0.717) is 0 Å². The second-order valence-electron chi connectivity index (χ2n) is 6.78. The second-order valence-corrected chi connectivity index (χ2v) is 6.78. The average Bonchev–Trinajstić information content (AvgIpc) is 2.73. The van der Waals surface area contributed by atoms with E-state index < -0.39 is 0 Å². The fourth-order valence-electron chi connectivity index (χ4n) is 3.46. The molecule has 0 heterocycles. The molecule has 1 N–H and O–H groups in total. The first kappa shape index (κ1) is 17.2. The third kappa shape index (κ3) is 3.65. The molecule has 0 fully saturated rings. The van der Waals surface area contributed by atoms with E-state index in [1.165, 1.54) is 27.5 Å². The molecule has 0 aliphatic heterocycles. The zero-order chi connectivity index (χ0) is 18.6. The maximum absolute atomic E-state index is 5.29. The molecular weight excluding hydrogens is 330 g/mol. The lowest BCUT2D eigenvalue weighted by Crippen LogP contribution is -2.13. The van der Waals surface area contributed by atoms with Crippen LogP contribution in [0, 0.1) is 6.92 Å². The van der Waals surface area contributed by atoms with Crippen LogP contribution in [0.3, 0.4) is 0 Å². The number of benzene rings is 4. The number of methoxy groups -OCH3 is 1. The van der Waals surface area contributed by atoms with E-state index in [4.69, 9.17) is 4.74 Å². The summed E-state index contributed by atoms with van der Waals surface area (Å²) < 4.78 is 5.29. The minimum atomic E-state index is 0.0603. The van der Waals surface area contributed by atoms with E-state index in [-0.39, 0.29) is 6.04 Å². The second kappa shape index (κ2) is 7.55. The number of anilines is 1. The molecule has 134 valence electrons. The number of nitrogens with one attached hydrogen (secondary N) is 1. The van der Waals surface area contributed by atoms with E-state index in [0.717, 1.165) is 11.4 Å². The van der Waals surface area contributed by atoms with Gasteiger partial charge in [0.15, 0.2) is 0 Å². The standard InChI is InChI=1S/C25H23NO/c1-18-10-12-20(13-11-18)25(26-21-14-16-22(27-2)17-15-21)24-9-5-7-19-6-3-4-8-23(19)24/h3-17,25-26H,1-2H3. The van der Waals surface area contributed by atoms with E-state index in [2.05, 4.69) is 91.1 Å². The Morgan fingerprint density at radius 1 is 0.741 bits per heavy atom. The monoisotopic (exact) mass is 353 g/mol. The molecule has 0 aromatic heterocycles. The molecule has 0 spiro atoms. The smallest absolute Gasteiger partial charge is 0.119 e. The van der Waals surface area contributed by atoms with Crippen molar-refractivity contribution < 1.29 is 4.74 Å². The van der Waals surface area contributed by atoms with Crippen LogP contribution >= 0.6 is 0 Å². The molecule has 2 nitrogen and oxygen atoms in total. The van der Waals surface area contributed by atoms with Crippen molar-refractivity contribution in [3.63, 3.8) is 0 Å². The number of aryl methyl sites for hydroxylation is 1. The lowest BCUT2D eigenvalue weighted by atomic mass is 9.93. The fraction of sp³-hybridized carbons (Fsp3) is 0.120. The summed E-state index contributed by atoms with van der Waals surface area (Å²) in [6.07, 6.45) is 0. The largest absolute Gasteiger partial charge is 0.497 e. The summed E-state index contributed by atoms with van der Waals surface area (Å²) in [5.74, 6) is 0.859. The molecule has 4 aromatic carbocycles. The van der Waals surface area contributed by atoms with Crippen LogP contribution in [-0.4, -0.2) is 7.11 Å². The molecule has 1 unspecified atom stereocenters. The van der Waals surface area contributed by atoms with E-state index >= 15 is 0 Å². The van der Waals surface area contributed by atoms with Crippen LogP contribution in [0.4, 0.5) is 5.69 Å². The van der Waals surface area contributed by atoms with Crippen molar-refractivity contribution in [2.75, 3.05) is 12.4 Å². The van der Waals surface area contributed by atoms with Gasteiger partial charge in [-0.25, -0.2) is 0 Å². The molecule has 4 rings (SSSR count). The Balaban J connectivity index is 1.80. The van der Waals surface area contributed by atoms with Crippen molar-refractivity contribution in [3.05, 3.63) is 108 Å². The van der Waals surface area contributed by atoms with Crippen molar-refractivity contribution in [3.8, 4) is 5.75 Å². The average molecular weight is 353 g/mol. The van der Waals surface area contributed by atoms with Gasteiger partial charge in [0.05, 0.1) is 13.2 Å². The highest BCUT2D eigenvalue weighted by atomic mass is 16.5. The fourth-order valence-corrected chi connectivity index (χ4v) is 3.46. The number of rotatable bonds is 5. The van der Waals surface area contributed by atoms with Crippen molar-refractivity contribution in [1.29, 1.82) is 0 Å². The van der Waals surface area contributed by atoms with Crippen LogP contribution in [0.5, 0.6) is 5.75 Å². The van der Waals surface area contributed by atoms with Crippen molar-refractivity contribution >= 4 is 16.5 Å². The minimum Gasteiger partial charge on any atom is -0.497 e. The quantitative estimate of drug-likeness (QED) is 0.451. The predicted molar refractivity (Wildman–Crippen MR) is 114 cm³/mol. The first-order chi connectivity index (χ1) is 13.2. The Hall–Kier alpha value is -3.26. The van der Waals surface area contributed by atoms with E-state index in [1.54, 1.807) is 7.11 Å². The molecule has 2 heteroatoms. The van der Waals surface area contributed by atoms with Gasteiger partial charge in [-0.3, -0.25) is 0 Å². The Morgan fingerprint density at radius 2 is 1.44 bits per heavy atom. The number of hydrogen-bond donors (Lipinski definition) is 1. The zero-order valence-electron chi connectivity index (χ0n) is 15.6. The normalized spacial score (nSPS) is 11.9. The molecule has 1 atom stereocenters. The Labute approximate surface area is 160 Å². The number of hydrogen-bond acceptors (Lipinski definition) is 2. The van der Waals surface area contributed by atoms with Crippen LogP contribution in [0.25, 0.3) is 10.8 Å². The molecule has 0 saturated heterocycles. The highest BCUT2D eigenvalue weighted by molar-refractivity contribution is 5.87. The van der Waals surface area contributed by atoms with Gasteiger partial charge < -0.3 is 10.1 Å².